The van der Waals surface area contributed by atoms with Crippen LogP contribution in [0, 0.1) is 0 Å². The lowest BCUT2D eigenvalue weighted by Gasteiger charge is -2.21. The molecule has 0 spiro atoms. The second kappa shape index (κ2) is 1.95. The standard InChI is InChI=1S/C5H9FN2O/c1-2-5(9)4(6)7-3-8-5/h3-4,9H,2H2,1H3,(H,7,8). The van der Waals surface area contributed by atoms with Gasteiger partial charge in [-0.1, -0.05) is 6.92 Å². The highest BCUT2D eigenvalue weighted by atomic mass is 19.1. The predicted octanol–water partition coefficient (Wildman–Crippen LogP) is 0.0121. The van der Waals surface area contributed by atoms with Crippen LogP contribution in [0.25, 0.3) is 0 Å². The van der Waals surface area contributed by atoms with Crippen molar-refractivity contribution in [2.24, 2.45) is 4.99 Å². The van der Waals surface area contributed by atoms with Crippen molar-refractivity contribution in [1.29, 1.82) is 0 Å². The van der Waals surface area contributed by atoms with E-state index in [9.17, 15) is 4.39 Å². The quantitative estimate of drug-likeness (QED) is 0.494. The lowest BCUT2D eigenvalue weighted by molar-refractivity contribution is -0.0358. The van der Waals surface area contributed by atoms with Gasteiger partial charge in [-0.15, -0.1) is 0 Å². The third-order valence-corrected chi connectivity index (χ3v) is 1.45. The largest absolute Gasteiger partial charge is 0.367 e. The van der Waals surface area contributed by atoms with Crippen LogP contribution < -0.4 is 5.32 Å². The molecular weight excluding hydrogens is 123 g/mol. The Morgan fingerprint density at radius 1 is 2.00 bits per heavy atom. The lowest BCUT2D eigenvalue weighted by Crippen LogP contribution is -2.46. The fourth-order valence-corrected chi connectivity index (χ4v) is 0.677. The first-order chi connectivity index (χ1) is 4.19. The van der Waals surface area contributed by atoms with E-state index in [0.717, 1.165) is 0 Å². The van der Waals surface area contributed by atoms with Crippen LogP contribution in [0.3, 0.4) is 0 Å². The van der Waals surface area contributed by atoms with E-state index in [2.05, 4.69) is 10.3 Å². The molecule has 0 aromatic heterocycles. The van der Waals surface area contributed by atoms with E-state index in [1.54, 1.807) is 6.92 Å². The van der Waals surface area contributed by atoms with Crippen molar-refractivity contribution in [2.75, 3.05) is 0 Å². The maximum atomic E-state index is 12.5. The van der Waals surface area contributed by atoms with E-state index in [1.165, 1.54) is 6.34 Å². The topological polar surface area (TPSA) is 44.6 Å². The van der Waals surface area contributed by atoms with Crippen molar-refractivity contribution in [3.05, 3.63) is 0 Å². The van der Waals surface area contributed by atoms with Crippen LogP contribution in [-0.2, 0) is 0 Å². The van der Waals surface area contributed by atoms with Crippen LogP contribution in [0.5, 0.6) is 0 Å². The Kier molecular flexibility index (Phi) is 1.40. The van der Waals surface area contributed by atoms with Crippen LogP contribution in [0.1, 0.15) is 13.3 Å². The minimum atomic E-state index is -1.51. The van der Waals surface area contributed by atoms with E-state index in [1.807, 2.05) is 0 Å². The third kappa shape index (κ3) is 0.896. The Bertz CT molecular complexity index is 139. The number of aliphatic hydroxyl groups is 1. The maximum absolute atomic E-state index is 12.5. The zero-order chi connectivity index (χ0) is 6.91. The molecule has 0 aromatic carbocycles. The Balaban J connectivity index is 2.62. The fourth-order valence-electron chi connectivity index (χ4n) is 0.677. The van der Waals surface area contributed by atoms with Gasteiger partial charge in [0.25, 0.3) is 0 Å². The average Bonchev–Trinajstić information content (AvgIpc) is 2.15. The van der Waals surface area contributed by atoms with Gasteiger partial charge >= 0.3 is 0 Å². The number of hydrogen-bond donors (Lipinski definition) is 2. The molecule has 1 aliphatic heterocycles. The number of nitrogens with zero attached hydrogens (tertiary/aromatic N) is 1. The molecule has 1 rings (SSSR count). The maximum Gasteiger partial charge on any atom is 0.238 e. The normalized spacial score (nSPS) is 41.0. The van der Waals surface area contributed by atoms with Gasteiger partial charge in [-0.25, -0.2) is 9.38 Å². The molecule has 1 aliphatic rings. The summed E-state index contributed by atoms with van der Waals surface area (Å²) in [7, 11) is 0. The van der Waals surface area contributed by atoms with Crippen LogP contribution >= 0.6 is 0 Å². The lowest BCUT2D eigenvalue weighted by atomic mass is 10.1. The first kappa shape index (κ1) is 6.48. The second-order valence-electron chi connectivity index (χ2n) is 2.04. The van der Waals surface area contributed by atoms with E-state index >= 15 is 0 Å². The molecule has 0 saturated heterocycles. The average molecular weight is 132 g/mol. The molecule has 1 heterocycles. The summed E-state index contributed by atoms with van der Waals surface area (Å²) in [6, 6.07) is 0. The van der Waals surface area contributed by atoms with Crippen molar-refractivity contribution in [2.45, 2.75) is 25.4 Å². The molecule has 0 aromatic rings. The highest BCUT2D eigenvalue weighted by molar-refractivity contribution is 5.58. The molecule has 3 nitrogen and oxygen atoms in total. The molecule has 2 atom stereocenters. The summed E-state index contributed by atoms with van der Waals surface area (Å²) in [6.07, 6.45) is -0.00926. The van der Waals surface area contributed by atoms with Gasteiger partial charge in [0, 0.05) is 0 Å². The molecule has 0 aliphatic carbocycles. The Labute approximate surface area is 52.6 Å². The van der Waals surface area contributed by atoms with E-state index in [4.69, 9.17) is 5.11 Å². The van der Waals surface area contributed by atoms with Crippen molar-refractivity contribution in [3.8, 4) is 0 Å². The number of nitrogens with one attached hydrogen (secondary N) is 1. The SMILES string of the molecule is CCC1(O)NC=NC1F. The molecule has 2 unspecified atom stereocenters. The Morgan fingerprint density at radius 2 is 2.67 bits per heavy atom. The Morgan fingerprint density at radius 3 is 2.89 bits per heavy atom. The first-order valence-corrected chi connectivity index (χ1v) is 2.85. The second-order valence-corrected chi connectivity index (χ2v) is 2.04. The van der Waals surface area contributed by atoms with Gasteiger partial charge in [0.05, 0.1) is 6.34 Å². The first-order valence-electron chi connectivity index (χ1n) is 2.85. The minimum Gasteiger partial charge on any atom is -0.367 e. The van der Waals surface area contributed by atoms with Crippen molar-refractivity contribution in [1.82, 2.24) is 5.32 Å². The van der Waals surface area contributed by atoms with Gasteiger partial charge < -0.3 is 10.4 Å². The Hall–Kier alpha value is -0.640. The number of halogens is 1. The van der Waals surface area contributed by atoms with Crippen molar-refractivity contribution < 1.29 is 9.50 Å². The molecule has 0 fully saturated rings. The van der Waals surface area contributed by atoms with E-state index in [0.29, 0.717) is 6.42 Å². The zero-order valence-electron chi connectivity index (χ0n) is 5.13. The monoisotopic (exact) mass is 132 g/mol. The summed E-state index contributed by atoms with van der Waals surface area (Å²) in [4.78, 5) is 3.31. The molecule has 0 bridgehead atoms. The highest BCUT2D eigenvalue weighted by Crippen LogP contribution is 2.18. The minimum absolute atomic E-state index is 0.314. The molecule has 52 valence electrons. The van der Waals surface area contributed by atoms with Gasteiger partial charge in [-0.2, -0.15) is 0 Å². The molecule has 0 amide bonds. The van der Waals surface area contributed by atoms with Gasteiger partial charge in [0.2, 0.25) is 6.30 Å². The summed E-state index contributed by atoms with van der Waals surface area (Å²) in [5, 5.41) is 11.6. The van der Waals surface area contributed by atoms with Crippen LogP contribution in [0.2, 0.25) is 0 Å². The number of rotatable bonds is 1. The fraction of sp³-hybridized carbons (Fsp3) is 0.800. The van der Waals surface area contributed by atoms with E-state index in [-0.39, 0.29) is 0 Å². The summed E-state index contributed by atoms with van der Waals surface area (Å²) >= 11 is 0. The van der Waals surface area contributed by atoms with Gasteiger partial charge in [0.15, 0.2) is 5.72 Å². The van der Waals surface area contributed by atoms with Crippen molar-refractivity contribution in [3.63, 3.8) is 0 Å². The molecule has 9 heavy (non-hydrogen) atoms. The van der Waals surface area contributed by atoms with Crippen LogP contribution in [0.15, 0.2) is 4.99 Å². The molecule has 0 radical (unpaired) electrons. The number of alkyl halides is 1. The van der Waals surface area contributed by atoms with Gasteiger partial charge in [-0.05, 0) is 6.42 Å². The number of hydrogen-bond acceptors (Lipinski definition) is 3. The van der Waals surface area contributed by atoms with Crippen LogP contribution in [-0.4, -0.2) is 23.5 Å². The molecular formula is C5H9FN2O. The van der Waals surface area contributed by atoms with Gasteiger partial charge in [0.1, 0.15) is 0 Å². The molecule has 4 heteroatoms. The molecule has 0 saturated carbocycles. The summed E-state index contributed by atoms with van der Waals surface area (Å²) in [5.41, 5.74) is -1.44. The zero-order valence-corrected chi connectivity index (χ0v) is 5.13. The van der Waals surface area contributed by atoms with Gasteiger partial charge in [-0.3, -0.25) is 0 Å². The third-order valence-electron chi connectivity index (χ3n) is 1.45. The smallest absolute Gasteiger partial charge is 0.238 e. The summed E-state index contributed by atoms with van der Waals surface area (Å²) in [5.74, 6) is 0. The van der Waals surface area contributed by atoms with E-state index < -0.39 is 12.0 Å². The predicted molar refractivity (Wildman–Crippen MR) is 31.8 cm³/mol. The van der Waals surface area contributed by atoms with Crippen LogP contribution in [0.4, 0.5) is 4.39 Å². The van der Waals surface area contributed by atoms with Crippen molar-refractivity contribution >= 4 is 6.34 Å². The summed E-state index contributed by atoms with van der Waals surface area (Å²) < 4.78 is 12.5. The number of aliphatic imine (C=N–C) groups is 1. The summed E-state index contributed by atoms with van der Waals surface area (Å²) in [6.45, 7) is 1.69. The highest BCUT2D eigenvalue weighted by Gasteiger charge is 2.37. The molecule has 2 N–H and O–H groups in total.